The summed E-state index contributed by atoms with van der Waals surface area (Å²) >= 11 is 3.24. The van der Waals surface area contributed by atoms with Crippen LogP contribution >= 0.6 is 15.9 Å². The molecule has 0 aliphatic rings. The Morgan fingerprint density at radius 2 is 2.08 bits per heavy atom. The lowest BCUT2D eigenvalue weighted by Crippen LogP contribution is -2.16. The van der Waals surface area contributed by atoms with Crippen LogP contribution in [0.3, 0.4) is 0 Å². The monoisotopic (exact) mass is 249 g/mol. The molecule has 1 aromatic rings. The molecule has 0 bridgehead atoms. The van der Waals surface area contributed by atoms with Crippen LogP contribution in [0.2, 0.25) is 0 Å². The zero-order chi connectivity index (χ0) is 9.84. The van der Waals surface area contributed by atoms with Crippen LogP contribution in [0.1, 0.15) is 5.56 Å². The van der Waals surface area contributed by atoms with E-state index in [1.165, 1.54) is 12.1 Å². The van der Waals surface area contributed by atoms with Crippen molar-refractivity contribution in [2.75, 3.05) is 12.5 Å². The molecule has 0 aromatic heterocycles. The second-order valence-corrected chi connectivity index (χ2v) is 3.37. The number of nitrogens with zero attached hydrogens (tertiary/aromatic N) is 1. The number of rotatable bonds is 3. The number of hydrogen-bond donors (Lipinski definition) is 0. The van der Waals surface area contributed by atoms with E-state index in [1.807, 2.05) is 11.9 Å². The molecule has 0 unspecified atom stereocenters. The van der Waals surface area contributed by atoms with Gasteiger partial charge < -0.3 is 0 Å². The molecule has 0 spiro atoms. The third-order valence-corrected chi connectivity index (χ3v) is 2.52. The highest BCUT2D eigenvalue weighted by molar-refractivity contribution is 9.09. The van der Waals surface area contributed by atoms with Crippen LogP contribution in [0, 0.1) is 11.6 Å². The fourth-order valence-corrected chi connectivity index (χ4v) is 1.16. The smallest absolute Gasteiger partial charge is 0.130 e. The average Bonchev–Trinajstić information content (AvgIpc) is 2.09. The first-order valence-electron chi connectivity index (χ1n) is 3.82. The van der Waals surface area contributed by atoms with Crippen molar-refractivity contribution in [1.82, 2.24) is 4.90 Å². The van der Waals surface area contributed by atoms with Crippen LogP contribution in [0.25, 0.3) is 0 Å². The fraction of sp³-hybridized carbons (Fsp3) is 0.333. The van der Waals surface area contributed by atoms with Gasteiger partial charge in [-0.15, -0.1) is 0 Å². The van der Waals surface area contributed by atoms with Gasteiger partial charge in [-0.05, 0) is 13.1 Å². The molecule has 1 aromatic carbocycles. The highest BCUT2D eigenvalue weighted by Crippen LogP contribution is 2.11. The van der Waals surface area contributed by atoms with E-state index in [4.69, 9.17) is 0 Å². The largest absolute Gasteiger partial charge is 0.292 e. The van der Waals surface area contributed by atoms with Crippen LogP contribution in [0.4, 0.5) is 8.78 Å². The second kappa shape index (κ2) is 4.67. The van der Waals surface area contributed by atoms with Crippen molar-refractivity contribution in [3.8, 4) is 0 Å². The van der Waals surface area contributed by atoms with Gasteiger partial charge in [0.1, 0.15) is 11.6 Å². The Bertz CT molecular complexity index is 291. The van der Waals surface area contributed by atoms with Crippen molar-refractivity contribution in [2.24, 2.45) is 0 Å². The molecule has 0 fully saturated rings. The predicted molar refractivity (Wildman–Crippen MR) is 51.6 cm³/mol. The summed E-state index contributed by atoms with van der Waals surface area (Å²) in [6.07, 6.45) is 0. The van der Waals surface area contributed by atoms with Crippen molar-refractivity contribution in [2.45, 2.75) is 6.54 Å². The Morgan fingerprint density at radius 1 is 1.38 bits per heavy atom. The van der Waals surface area contributed by atoms with Gasteiger partial charge in [-0.25, -0.2) is 8.78 Å². The van der Waals surface area contributed by atoms with Crippen LogP contribution < -0.4 is 0 Å². The van der Waals surface area contributed by atoms with Crippen molar-refractivity contribution in [3.05, 3.63) is 35.4 Å². The van der Waals surface area contributed by atoms with E-state index in [-0.39, 0.29) is 0 Å². The summed E-state index contributed by atoms with van der Waals surface area (Å²) in [6, 6.07) is 3.63. The molecule has 0 aliphatic carbocycles. The quantitative estimate of drug-likeness (QED) is 0.589. The molecule has 0 saturated heterocycles. The summed E-state index contributed by atoms with van der Waals surface area (Å²) in [5, 5.41) is 0. The molecule has 1 rings (SSSR count). The topological polar surface area (TPSA) is 3.24 Å². The Hall–Kier alpha value is -0.480. The first-order valence-corrected chi connectivity index (χ1v) is 4.94. The zero-order valence-corrected chi connectivity index (χ0v) is 8.81. The maximum atomic E-state index is 13.1. The summed E-state index contributed by atoms with van der Waals surface area (Å²) in [5.74, 6) is -1.03. The van der Waals surface area contributed by atoms with Crippen molar-refractivity contribution < 1.29 is 8.78 Å². The fourth-order valence-electron chi connectivity index (χ4n) is 0.983. The Morgan fingerprint density at radius 3 is 2.62 bits per heavy atom. The number of alkyl halides is 1. The third-order valence-electron chi connectivity index (χ3n) is 1.66. The molecule has 72 valence electrons. The third kappa shape index (κ3) is 3.04. The number of benzene rings is 1. The molecule has 0 radical (unpaired) electrons. The van der Waals surface area contributed by atoms with E-state index in [1.54, 1.807) is 0 Å². The summed E-state index contributed by atoms with van der Waals surface area (Å²) < 4.78 is 25.6. The summed E-state index contributed by atoms with van der Waals surface area (Å²) in [5.41, 5.74) is 1.16. The van der Waals surface area contributed by atoms with Gasteiger partial charge >= 0.3 is 0 Å². The molecule has 1 nitrogen and oxygen atoms in total. The normalized spacial score (nSPS) is 10.8. The van der Waals surface area contributed by atoms with Crippen molar-refractivity contribution >= 4 is 15.9 Å². The van der Waals surface area contributed by atoms with Gasteiger partial charge in [-0.2, -0.15) is 0 Å². The summed E-state index contributed by atoms with van der Waals surface area (Å²) in [4.78, 5) is 1.87. The molecule has 0 aliphatic heterocycles. The Labute approximate surface area is 84.5 Å². The Balaban J connectivity index is 2.77. The van der Waals surface area contributed by atoms with Crippen molar-refractivity contribution in [3.63, 3.8) is 0 Å². The maximum absolute atomic E-state index is 13.1. The van der Waals surface area contributed by atoms with E-state index >= 15 is 0 Å². The first-order chi connectivity index (χ1) is 6.13. The molecule has 0 amide bonds. The zero-order valence-electron chi connectivity index (χ0n) is 7.23. The Kier molecular flexibility index (Phi) is 3.81. The van der Waals surface area contributed by atoms with Gasteiger partial charge in [-0.3, -0.25) is 4.90 Å². The van der Waals surface area contributed by atoms with Gasteiger partial charge in [0.15, 0.2) is 0 Å². The molecule has 0 saturated carbocycles. The molecule has 0 N–H and O–H groups in total. The van der Waals surface area contributed by atoms with Gasteiger partial charge in [-0.1, -0.05) is 22.0 Å². The van der Waals surface area contributed by atoms with E-state index in [0.29, 0.717) is 17.6 Å². The van der Waals surface area contributed by atoms with Gasteiger partial charge in [0.05, 0.1) is 5.45 Å². The van der Waals surface area contributed by atoms with Crippen LogP contribution in [-0.2, 0) is 6.54 Å². The van der Waals surface area contributed by atoms with E-state index in [9.17, 15) is 8.78 Å². The molecule has 13 heavy (non-hydrogen) atoms. The van der Waals surface area contributed by atoms with Crippen LogP contribution in [-0.4, -0.2) is 17.4 Å². The average molecular weight is 250 g/mol. The van der Waals surface area contributed by atoms with E-state index in [2.05, 4.69) is 15.9 Å². The maximum Gasteiger partial charge on any atom is 0.130 e. The van der Waals surface area contributed by atoms with Gasteiger partial charge in [0.2, 0.25) is 0 Å². The lowest BCUT2D eigenvalue weighted by molar-refractivity contribution is 0.380. The van der Waals surface area contributed by atoms with E-state index in [0.717, 1.165) is 6.07 Å². The second-order valence-electron chi connectivity index (χ2n) is 2.87. The first kappa shape index (κ1) is 10.6. The highest BCUT2D eigenvalue weighted by Gasteiger charge is 2.05. The highest BCUT2D eigenvalue weighted by atomic mass is 79.9. The minimum absolute atomic E-state index is 0.470. The number of hydrogen-bond acceptors (Lipinski definition) is 1. The number of halogens is 3. The van der Waals surface area contributed by atoms with Crippen LogP contribution in [0.5, 0.6) is 0 Å². The molecule has 0 atom stereocenters. The SMILES string of the molecule is CN(CBr)Cc1ccc(F)cc1F. The summed E-state index contributed by atoms with van der Waals surface area (Å²) in [7, 11) is 1.84. The standard InChI is InChI=1S/C9H10BrF2N/c1-13(6-10)5-7-2-3-8(11)4-9(7)12/h2-4H,5-6H2,1H3. The van der Waals surface area contributed by atoms with Crippen molar-refractivity contribution in [1.29, 1.82) is 0 Å². The molecule has 4 heteroatoms. The molecule has 0 heterocycles. The molecular formula is C9H10BrF2N. The lowest BCUT2D eigenvalue weighted by atomic mass is 10.2. The van der Waals surface area contributed by atoms with Crippen LogP contribution in [0.15, 0.2) is 18.2 Å². The minimum atomic E-state index is -0.539. The predicted octanol–water partition coefficient (Wildman–Crippen LogP) is 2.75. The summed E-state index contributed by atoms with van der Waals surface area (Å²) in [6.45, 7) is 0.470. The van der Waals surface area contributed by atoms with E-state index < -0.39 is 11.6 Å². The lowest BCUT2D eigenvalue weighted by Gasteiger charge is -2.12. The molecular weight excluding hydrogens is 240 g/mol. The minimum Gasteiger partial charge on any atom is -0.292 e. The van der Waals surface area contributed by atoms with Gasteiger partial charge in [0, 0.05) is 18.2 Å². The van der Waals surface area contributed by atoms with Gasteiger partial charge in [0.25, 0.3) is 0 Å².